The van der Waals surface area contributed by atoms with Gasteiger partial charge in [-0.05, 0) is 19.3 Å². The molecule has 8 heteroatoms. The maximum atomic E-state index is 12.1. The molecule has 0 aromatic heterocycles. The van der Waals surface area contributed by atoms with Crippen LogP contribution in [-0.2, 0) is 14.3 Å². The Morgan fingerprint density at radius 2 is 1.87 bits per heavy atom. The molecule has 1 amide bonds. The molecular weight excluding hydrogens is 313 g/mol. The zero-order valence-electron chi connectivity index (χ0n) is 14.0. The lowest BCUT2D eigenvalue weighted by molar-refractivity contribution is -0.185. The Labute approximate surface area is 135 Å². The van der Waals surface area contributed by atoms with Gasteiger partial charge < -0.3 is 14.8 Å². The second-order valence-corrected chi connectivity index (χ2v) is 6.25. The molecule has 1 heterocycles. The second-order valence-electron chi connectivity index (χ2n) is 6.25. The van der Waals surface area contributed by atoms with Crippen LogP contribution < -0.4 is 5.32 Å². The van der Waals surface area contributed by atoms with Gasteiger partial charge in [-0.3, -0.25) is 9.69 Å². The average molecular weight is 340 g/mol. The third-order valence-electron chi connectivity index (χ3n) is 3.68. The Hall–Kier alpha value is -0.860. The van der Waals surface area contributed by atoms with Crippen LogP contribution in [0.15, 0.2) is 0 Å². The molecule has 0 radical (unpaired) electrons. The van der Waals surface area contributed by atoms with Crippen molar-refractivity contribution in [3.63, 3.8) is 0 Å². The number of rotatable bonds is 8. The molecule has 1 saturated heterocycles. The van der Waals surface area contributed by atoms with Gasteiger partial charge in [0.25, 0.3) is 0 Å². The van der Waals surface area contributed by atoms with Crippen LogP contribution in [0.25, 0.3) is 0 Å². The number of nitrogens with one attached hydrogen (secondary N) is 1. The van der Waals surface area contributed by atoms with Crippen LogP contribution in [0.2, 0.25) is 0 Å². The first-order chi connectivity index (χ1) is 10.7. The minimum absolute atomic E-state index is 0.151. The smallest absolute Gasteiger partial charge is 0.379 e. The first-order valence-corrected chi connectivity index (χ1v) is 7.97. The molecule has 0 aromatic carbocycles. The molecule has 1 aliphatic rings. The number of carbonyl (C=O) groups is 1. The molecular formula is C15H27F3N2O3. The van der Waals surface area contributed by atoms with E-state index in [1.807, 2.05) is 0 Å². The highest BCUT2D eigenvalue weighted by molar-refractivity contribution is 5.80. The molecule has 136 valence electrons. The predicted octanol–water partition coefficient (Wildman–Crippen LogP) is 1.82. The minimum Gasteiger partial charge on any atom is -0.379 e. The third kappa shape index (κ3) is 8.53. The van der Waals surface area contributed by atoms with Crippen molar-refractivity contribution in [2.75, 3.05) is 39.5 Å². The molecule has 0 aromatic rings. The van der Waals surface area contributed by atoms with Crippen LogP contribution in [0.5, 0.6) is 0 Å². The van der Waals surface area contributed by atoms with Crippen molar-refractivity contribution < 1.29 is 27.4 Å². The molecule has 0 aliphatic carbocycles. The van der Waals surface area contributed by atoms with E-state index in [2.05, 4.69) is 28.8 Å². The van der Waals surface area contributed by atoms with Crippen LogP contribution >= 0.6 is 0 Å². The van der Waals surface area contributed by atoms with Crippen molar-refractivity contribution >= 4 is 5.91 Å². The van der Waals surface area contributed by atoms with E-state index in [0.29, 0.717) is 25.7 Å². The molecule has 23 heavy (non-hydrogen) atoms. The van der Waals surface area contributed by atoms with Gasteiger partial charge in [-0.1, -0.05) is 13.8 Å². The van der Waals surface area contributed by atoms with Crippen molar-refractivity contribution in [3.8, 4) is 0 Å². The molecule has 5 nitrogen and oxygen atoms in total. The minimum atomic E-state index is -4.43. The van der Waals surface area contributed by atoms with E-state index in [0.717, 1.165) is 19.5 Å². The Balaban J connectivity index is 2.44. The van der Waals surface area contributed by atoms with Gasteiger partial charge in [0.2, 0.25) is 5.91 Å². The van der Waals surface area contributed by atoms with E-state index in [4.69, 9.17) is 4.74 Å². The van der Waals surface area contributed by atoms with Gasteiger partial charge in [-0.25, -0.2) is 0 Å². The molecule has 1 N–H and O–H groups in total. The highest BCUT2D eigenvalue weighted by Crippen LogP contribution is 2.16. The number of carbonyl (C=O) groups excluding carboxylic acids is 1. The quantitative estimate of drug-likeness (QED) is 0.732. The number of morpholine rings is 1. The maximum Gasteiger partial charge on any atom is 0.411 e. The zero-order valence-corrected chi connectivity index (χ0v) is 14.0. The Morgan fingerprint density at radius 3 is 2.39 bits per heavy atom. The van der Waals surface area contributed by atoms with E-state index in [9.17, 15) is 18.0 Å². The van der Waals surface area contributed by atoms with Gasteiger partial charge in [0.05, 0.1) is 13.2 Å². The SMILES string of the molecule is CC(C)C[C@H](CNC(=O)[C@H](C)OCC(F)(F)F)N1CCOCC1. The summed E-state index contributed by atoms with van der Waals surface area (Å²) < 4.78 is 46.2. The Bertz CT molecular complexity index is 358. The summed E-state index contributed by atoms with van der Waals surface area (Å²) in [7, 11) is 0. The van der Waals surface area contributed by atoms with Crippen molar-refractivity contribution in [1.29, 1.82) is 0 Å². The van der Waals surface area contributed by atoms with Gasteiger partial charge >= 0.3 is 6.18 Å². The van der Waals surface area contributed by atoms with Crippen LogP contribution in [0.3, 0.4) is 0 Å². The summed E-state index contributed by atoms with van der Waals surface area (Å²) in [4.78, 5) is 14.1. The lowest BCUT2D eigenvalue weighted by atomic mass is 10.0. The molecule has 0 saturated carbocycles. The third-order valence-corrected chi connectivity index (χ3v) is 3.68. The van der Waals surface area contributed by atoms with Crippen molar-refractivity contribution in [1.82, 2.24) is 10.2 Å². The fourth-order valence-corrected chi connectivity index (χ4v) is 2.51. The predicted molar refractivity (Wildman–Crippen MR) is 80.1 cm³/mol. The van der Waals surface area contributed by atoms with Gasteiger partial charge in [-0.2, -0.15) is 13.2 Å². The molecule has 2 atom stereocenters. The summed E-state index contributed by atoms with van der Waals surface area (Å²) in [5.41, 5.74) is 0. The number of ether oxygens (including phenoxy) is 2. The summed E-state index contributed by atoms with van der Waals surface area (Å²) in [6, 6.07) is 0.151. The maximum absolute atomic E-state index is 12.1. The standard InChI is InChI=1S/C15H27F3N2O3/c1-11(2)8-13(20-4-6-22-7-5-20)9-19-14(21)12(3)23-10-15(16,17)18/h11-13H,4-10H2,1-3H3,(H,19,21)/t12-,13+/m0/s1. The largest absolute Gasteiger partial charge is 0.411 e. The van der Waals surface area contributed by atoms with Crippen LogP contribution in [0.1, 0.15) is 27.2 Å². The highest BCUT2D eigenvalue weighted by atomic mass is 19.4. The topological polar surface area (TPSA) is 50.8 Å². The van der Waals surface area contributed by atoms with Gasteiger partial charge in [0.1, 0.15) is 12.7 Å². The zero-order chi connectivity index (χ0) is 17.5. The van der Waals surface area contributed by atoms with Gasteiger partial charge in [0, 0.05) is 25.7 Å². The van der Waals surface area contributed by atoms with Crippen molar-refractivity contribution in [2.45, 2.75) is 45.5 Å². The van der Waals surface area contributed by atoms with E-state index in [1.54, 1.807) is 0 Å². The summed E-state index contributed by atoms with van der Waals surface area (Å²) >= 11 is 0. The summed E-state index contributed by atoms with van der Waals surface area (Å²) in [6.45, 7) is 7.43. The molecule has 0 bridgehead atoms. The van der Waals surface area contributed by atoms with Crippen LogP contribution in [0, 0.1) is 5.92 Å². The second kappa shape index (κ2) is 9.44. The Morgan fingerprint density at radius 1 is 1.26 bits per heavy atom. The van der Waals surface area contributed by atoms with Gasteiger partial charge in [0.15, 0.2) is 0 Å². The molecule has 1 rings (SSSR count). The normalized spacial score (nSPS) is 19.6. The number of amides is 1. The van der Waals surface area contributed by atoms with Crippen LogP contribution in [0.4, 0.5) is 13.2 Å². The number of hydrogen-bond acceptors (Lipinski definition) is 4. The lowest BCUT2D eigenvalue weighted by Crippen LogP contribution is -2.50. The monoisotopic (exact) mass is 340 g/mol. The molecule has 1 aliphatic heterocycles. The number of hydrogen-bond donors (Lipinski definition) is 1. The number of alkyl halides is 3. The summed E-state index contributed by atoms with van der Waals surface area (Å²) in [5, 5.41) is 2.71. The highest BCUT2D eigenvalue weighted by Gasteiger charge is 2.30. The first-order valence-electron chi connectivity index (χ1n) is 7.97. The first kappa shape index (κ1) is 20.2. The number of nitrogens with zero attached hydrogens (tertiary/aromatic N) is 1. The van der Waals surface area contributed by atoms with E-state index in [-0.39, 0.29) is 6.04 Å². The molecule has 1 fully saturated rings. The van der Waals surface area contributed by atoms with Crippen molar-refractivity contribution in [3.05, 3.63) is 0 Å². The average Bonchev–Trinajstić information content (AvgIpc) is 2.48. The van der Waals surface area contributed by atoms with E-state index in [1.165, 1.54) is 6.92 Å². The molecule has 0 unspecified atom stereocenters. The van der Waals surface area contributed by atoms with Gasteiger partial charge in [-0.15, -0.1) is 0 Å². The molecule has 0 spiro atoms. The number of halogens is 3. The fourth-order valence-electron chi connectivity index (χ4n) is 2.51. The van der Waals surface area contributed by atoms with E-state index >= 15 is 0 Å². The Kier molecular flexibility index (Phi) is 8.28. The van der Waals surface area contributed by atoms with Crippen LogP contribution in [-0.4, -0.2) is 68.6 Å². The fraction of sp³-hybridized carbons (Fsp3) is 0.933. The lowest BCUT2D eigenvalue weighted by Gasteiger charge is -2.35. The van der Waals surface area contributed by atoms with Crippen molar-refractivity contribution in [2.24, 2.45) is 5.92 Å². The summed E-state index contributed by atoms with van der Waals surface area (Å²) in [5.74, 6) is -0.0603. The van der Waals surface area contributed by atoms with E-state index < -0.39 is 24.8 Å². The summed E-state index contributed by atoms with van der Waals surface area (Å²) in [6.07, 6.45) is -4.65.